The van der Waals surface area contributed by atoms with Gasteiger partial charge >= 0.3 is 5.97 Å². The molecule has 0 atom stereocenters. The number of rotatable bonds is 9. The van der Waals surface area contributed by atoms with Crippen molar-refractivity contribution in [1.82, 2.24) is 4.90 Å². The number of carbonyl (C=O) groups is 3. The Morgan fingerprint density at radius 1 is 1.00 bits per heavy atom. The SMILES string of the molecule is O=C(CCCCCN1C(=O)C=CC1=O)OC/C=C/c1ccccc1. The minimum atomic E-state index is -0.260. The second kappa shape index (κ2) is 9.45. The van der Waals surface area contributed by atoms with Crippen molar-refractivity contribution in [2.24, 2.45) is 0 Å². The molecule has 24 heavy (non-hydrogen) atoms. The third kappa shape index (κ3) is 5.83. The third-order valence-electron chi connectivity index (χ3n) is 3.61. The van der Waals surface area contributed by atoms with Crippen LogP contribution in [-0.2, 0) is 19.1 Å². The molecule has 0 unspecified atom stereocenters. The molecule has 0 spiro atoms. The van der Waals surface area contributed by atoms with Crippen LogP contribution in [0.1, 0.15) is 31.2 Å². The van der Waals surface area contributed by atoms with E-state index in [0.29, 0.717) is 25.8 Å². The Hall–Kier alpha value is -2.69. The molecule has 5 nitrogen and oxygen atoms in total. The van der Waals surface area contributed by atoms with E-state index in [0.717, 1.165) is 12.0 Å². The number of esters is 1. The third-order valence-corrected chi connectivity index (χ3v) is 3.61. The average molecular weight is 327 g/mol. The molecule has 0 radical (unpaired) electrons. The Labute approximate surface area is 141 Å². The summed E-state index contributed by atoms with van der Waals surface area (Å²) in [6.07, 6.45) is 8.78. The fraction of sp³-hybridized carbons (Fsp3) is 0.316. The number of carbonyl (C=O) groups excluding carboxylic acids is 3. The number of amides is 2. The van der Waals surface area contributed by atoms with Crippen LogP contribution >= 0.6 is 0 Å². The quantitative estimate of drug-likeness (QED) is 0.397. The fourth-order valence-electron chi connectivity index (χ4n) is 2.33. The summed E-state index contributed by atoms with van der Waals surface area (Å²) < 4.78 is 5.12. The zero-order valence-corrected chi connectivity index (χ0v) is 13.5. The highest BCUT2D eigenvalue weighted by molar-refractivity contribution is 6.12. The Balaban J connectivity index is 1.51. The largest absolute Gasteiger partial charge is 0.461 e. The van der Waals surface area contributed by atoms with Crippen molar-refractivity contribution in [3.8, 4) is 0 Å². The van der Waals surface area contributed by atoms with Crippen molar-refractivity contribution < 1.29 is 19.1 Å². The van der Waals surface area contributed by atoms with Crippen LogP contribution in [0.5, 0.6) is 0 Å². The van der Waals surface area contributed by atoms with E-state index in [-0.39, 0.29) is 24.4 Å². The Morgan fingerprint density at radius 3 is 2.42 bits per heavy atom. The maximum Gasteiger partial charge on any atom is 0.306 e. The van der Waals surface area contributed by atoms with Crippen molar-refractivity contribution in [2.45, 2.75) is 25.7 Å². The van der Waals surface area contributed by atoms with Crippen LogP contribution in [0.2, 0.25) is 0 Å². The highest BCUT2D eigenvalue weighted by Crippen LogP contribution is 2.08. The summed E-state index contributed by atoms with van der Waals surface area (Å²) in [5.74, 6) is -0.753. The van der Waals surface area contributed by atoms with Gasteiger partial charge in [0.1, 0.15) is 6.61 Å². The van der Waals surface area contributed by atoms with Crippen molar-refractivity contribution in [2.75, 3.05) is 13.2 Å². The van der Waals surface area contributed by atoms with Gasteiger partial charge < -0.3 is 4.74 Å². The van der Waals surface area contributed by atoms with E-state index in [1.165, 1.54) is 17.1 Å². The number of hydrogen-bond donors (Lipinski definition) is 0. The zero-order chi connectivity index (χ0) is 17.2. The van der Waals surface area contributed by atoms with E-state index in [2.05, 4.69) is 0 Å². The first kappa shape index (κ1) is 17.7. The first-order valence-corrected chi connectivity index (χ1v) is 8.07. The molecule has 0 aromatic heterocycles. The Morgan fingerprint density at radius 2 is 1.71 bits per heavy atom. The van der Waals surface area contributed by atoms with Crippen molar-refractivity contribution in [3.63, 3.8) is 0 Å². The second-order valence-electron chi connectivity index (χ2n) is 5.47. The summed E-state index contributed by atoms with van der Waals surface area (Å²) in [5, 5.41) is 0. The molecule has 0 bridgehead atoms. The van der Waals surface area contributed by atoms with Crippen molar-refractivity contribution in [1.29, 1.82) is 0 Å². The van der Waals surface area contributed by atoms with Crippen LogP contribution in [-0.4, -0.2) is 35.8 Å². The van der Waals surface area contributed by atoms with Crippen molar-refractivity contribution >= 4 is 23.9 Å². The zero-order valence-electron chi connectivity index (χ0n) is 13.5. The molecule has 126 valence electrons. The van der Waals surface area contributed by atoms with Crippen LogP contribution in [0.15, 0.2) is 48.6 Å². The van der Waals surface area contributed by atoms with Crippen LogP contribution in [0.4, 0.5) is 0 Å². The molecule has 2 amide bonds. The van der Waals surface area contributed by atoms with Crippen LogP contribution in [0.3, 0.4) is 0 Å². The van der Waals surface area contributed by atoms with Crippen LogP contribution in [0, 0.1) is 0 Å². The molecule has 0 saturated heterocycles. The van der Waals surface area contributed by atoms with Gasteiger partial charge in [-0.15, -0.1) is 0 Å². The molecule has 0 aliphatic carbocycles. The average Bonchev–Trinajstić information content (AvgIpc) is 2.91. The number of benzene rings is 1. The van der Waals surface area contributed by atoms with Gasteiger partial charge in [-0.2, -0.15) is 0 Å². The van der Waals surface area contributed by atoms with Crippen LogP contribution in [0.25, 0.3) is 6.08 Å². The van der Waals surface area contributed by atoms with E-state index < -0.39 is 0 Å². The minimum absolute atomic E-state index is 0.234. The van der Waals surface area contributed by atoms with Gasteiger partial charge in [-0.1, -0.05) is 42.8 Å². The standard InChI is InChI=1S/C19H21NO4/c21-17-12-13-18(22)20(17)14-6-2-5-11-19(23)24-15-7-10-16-8-3-1-4-9-16/h1,3-4,7-10,12-13H,2,5-6,11,14-15H2/b10-7+. The number of hydrogen-bond acceptors (Lipinski definition) is 4. The molecule has 1 aliphatic heterocycles. The number of unbranched alkanes of at least 4 members (excludes halogenated alkanes) is 2. The summed E-state index contributed by atoms with van der Waals surface area (Å²) >= 11 is 0. The minimum Gasteiger partial charge on any atom is -0.461 e. The molecule has 1 aromatic carbocycles. The number of imide groups is 1. The molecule has 0 saturated carbocycles. The fourth-order valence-corrected chi connectivity index (χ4v) is 2.33. The molecule has 5 heteroatoms. The summed E-state index contributed by atoms with van der Waals surface area (Å²) in [7, 11) is 0. The molecular weight excluding hydrogens is 306 g/mol. The van der Waals surface area contributed by atoms with Crippen LogP contribution < -0.4 is 0 Å². The maximum absolute atomic E-state index is 11.6. The van der Waals surface area contributed by atoms with Gasteiger partial charge in [0, 0.05) is 25.1 Å². The summed E-state index contributed by atoms with van der Waals surface area (Å²) in [4.78, 5) is 35.5. The van der Waals surface area contributed by atoms with Crippen molar-refractivity contribution in [3.05, 3.63) is 54.1 Å². The molecule has 1 heterocycles. The normalized spacial score (nSPS) is 13.9. The lowest BCUT2D eigenvalue weighted by atomic mass is 10.2. The van der Waals surface area contributed by atoms with E-state index >= 15 is 0 Å². The number of ether oxygens (including phenoxy) is 1. The lowest BCUT2D eigenvalue weighted by molar-refractivity contribution is -0.142. The van der Waals surface area contributed by atoms with Gasteiger partial charge in [-0.05, 0) is 24.5 Å². The smallest absolute Gasteiger partial charge is 0.306 e. The lowest BCUT2D eigenvalue weighted by Gasteiger charge is -2.12. The lowest BCUT2D eigenvalue weighted by Crippen LogP contribution is -2.30. The van der Waals surface area contributed by atoms with E-state index in [1.807, 2.05) is 42.5 Å². The highest BCUT2D eigenvalue weighted by Gasteiger charge is 2.22. The molecule has 1 aromatic rings. The molecule has 0 N–H and O–H groups in total. The van der Waals surface area contributed by atoms with Gasteiger partial charge in [0.25, 0.3) is 11.8 Å². The van der Waals surface area contributed by atoms with Gasteiger partial charge in [-0.25, -0.2) is 0 Å². The van der Waals surface area contributed by atoms with E-state index in [4.69, 9.17) is 4.74 Å². The first-order valence-electron chi connectivity index (χ1n) is 8.07. The summed E-state index contributed by atoms with van der Waals surface area (Å²) in [6, 6.07) is 9.80. The van der Waals surface area contributed by atoms with E-state index in [1.54, 1.807) is 0 Å². The predicted octanol–water partition coefficient (Wildman–Crippen LogP) is 2.73. The molecule has 2 rings (SSSR count). The van der Waals surface area contributed by atoms with Gasteiger partial charge in [-0.3, -0.25) is 19.3 Å². The van der Waals surface area contributed by atoms with Gasteiger partial charge in [0.15, 0.2) is 0 Å². The Bertz CT molecular complexity index is 616. The predicted molar refractivity (Wildman–Crippen MR) is 90.8 cm³/mol. The van der Waals surface area contributed by atoms with Gasteiger partial charge in [0.05, 0.1) is 0 Å². The first-order chi connectivity index (χ1) is 11.7. The van der Waals surface area contributed by atoms with Gasteiger partial charge in [0.2, 0.25) is 0 Å². The monoisotopic (exact) mass is 327 g/mol. The maximum atomic E-state index is 11.6. The Kier molecular flexibility index (Phi) is 6.95. The summed E-state index contributed by atoms with van der Waals surface area (Å²) in [5.41, 5.74) is 1.06. The molecular formula is C19H21NO4. The second-order valence-corrected chi connectivity index (χ2v) is 5.47. The summed E-state index contributed by atoms with van der Waals surface area (Å²) in [6.45, 7) is 0.662. The topological polar surface area (TPSA) is 63.7 Å². The molecule has 1 aliphatic rings. The number of nitrogens with zero attached hydrogens (tertiary/aromatic N) is 1. The van der Waals surface area contributed by atoms with E-state index in [9.17, 15) is 14.4 Å². The highest BCUT2D eigenvalue weighted by atomic mass is 16.5. The molecule has 0 fully saturated rings.